The van der Waals surface area contributed by atoms with Crippen LogP contribution in [0.5, 0.6) is 0 Å². The highest BCUT2D eigenvalue weighted by Gasteiger charge is 2.36. The molecule has 1 rings (SSSR count). The van der Waals surface area contributed by atoms with Crippen LogP contribution < -0.4 is 0 Å². The predicted molar refractivity (Wildman–Crippen MR) is 80.2 cm³/mol. The molecule has 21 heavy (non-hydrogen) atoms. The molecule has 0 aliphatic heterocycles. The van der Waals surface area contributed by atoms with Gasteiger partial charge in [0.1, 0.15) is 0 Å². The molecule has 0 spiro atoms. The lowest BCUT2D eigenvalue weighted by atomic mass is 10.0. The predicted octanol–water partition coefficient (Wildman–Crippen LogP) is 4.98. The van der Waals surface area contributed by atoms with Gasteiger partial charge < -0.3 is 4.90 Å². The molecule has 6 heteroatoms. The van der Waals surface area contributed by atoms with E-state index < -0.39 is 17.6 Å². The molecule has 0 aromatic heterocycles. The molecule has 0 bridgehead atoms. The lowest BCUT2D eigenvalue weighted by Gasteiger charge is -2.25. The van der Waals surface area contributed by atoms with Crippen molar-refractivity contribution in [2.75, 3.05) is 13.1 Å². The molecule has 1 unspecified atom stereocenters. The van der Waals surface area contributed by atoms with Gasteiger partial charge in [0.15, 0.2) is 0 Å². The third-order valence-electron chi connectivity index (χ3n) is 3.42. The van der Waals surface area contributed by atoms with Crippen LogP contribution >= 0.6 is 15.9 Å². The summed E-state index contributed by atoms with van der Waals surface area (Å²) in [5.74, 6) is -0.323. The minimum atomic E-state index is -4.55. The Labute approximate surface area is 131 Å². The molecule has 0 aliphatic rings. The van der Waals surface area contributed by atoms with E-state index in [1.54, 1.807) is 6.92 Å². The number of amides is 1. The maximum Gasteiger partial charge on any atom is 0.417 e. The first-order valence-corrected chi connectivity index (χ1v) is 7.66. The summed E-state index contributed by atoms with van der Waals surface area (Å²) in [5, 5.41) is 0. The molecule has 1 atom stereocenters. The van der Waals surface area contributed by atoms with Crippen molar-refractivity contribution in [3.8, 4) is 0 Å². The molecule has 1 amide bonds. The molecule has 0 N–H and O–H groups in total. The molecule has 118 valence electrons. The fourth-order valence-corrected chi connectivity index (χ4v) is 2.33. The second kappa shape index (κ2) is 7.29. The maximum absolute atomic E-state index is 13.1. The molecule has 1 aromatic carbocycles. The topological polar surface area (TPSA) is 20.3 Å². The lowest BCUT2D eigenvalue weighted by Crippen LogP contribution is -2.35. The summed E-state index contributed by atoms with van der Waals surface area (Å²) in [7, 11) is 0. The zero-order chi connectivity index (χ0) is 16.2. The van der Waals surface area contributed by atoms with E-state index in [4.69, 9.17) is 0 Å². The van der Waals surface area contributed by atoms with Gasteiger partial charge in [-0.2, -0.15) is 13.2 Å². The van der Waals surface area contributed by atoms with Crippen LogP contribution in [-0.2, 0) is 6.18 Å². The van der Waals surface area contributed by atoms with Crippen molar-refractivity contribution < 1.29 is 18.0 Å². The molecular weight excluding hydrogens is 347 g/mol. The first-order valence-electron chi connectivity index (χ1n) is 6.86. The highest BCUT2D eigenvalue weighted by atomic mass is 79.9. The number of nitrogens with zero attached hydrogens (tertiary/aromatic N) is 1. The molecule has 1 aromatic rings. The Balaban J connectivity index is 3.16. The second-order valence-corrected chi connectivity index (χ2v) is 5.96. The van der Waals surface area contributed by atoms with Crippen molar-refractivity contribution in [3.63, 3.8) is 0 Å². The Kier molecular flexibility index (Phi) is 6.25. The summed E-state index contributed by atoms with van der Waals surface area (Å²) in [6.45, 7) is 6.58. The molecule has 0 saturated carbocycles. The first kappa shape index (κ1) is 18.0. The summed E-state index contributed by atoms with van der Waals surface area (Å²) < 4.78 is 39.6. The Hall–Kier alpha value is -1.04. The maximum atomic E-state index is 13.1. The van der Waals surface area contributed by atoms with E-state index in [-0.39, 0.29) is 11.5 Å². The van der Waals surface area contributed by atoms with Gasteiger partial charge in [-0.3, -0.25) is 4.79 Å². The molecule has 0 fully saturated rings. The summed E-state index contributed by atoms with van der Waals surface area (Å²) in [5.41, 5.74) is -1.19. The van der Waals surface area contributed by atoms with Crippen LogP contribution in [0.1, 0.15) is 43.1 Å². The van der Waals surface area contributed by atoms with E-state index in [1.807, 2.05) is 13.8 Å². The average molecular weight is 366 g/mol. The van der Waals surface area contributed by atoms with Gasteiger partial charge in [0, 0.05) is 17.6 Å². The zero-order valence-corrected chi connectivity index (χ0v) is 13.9. The highest BCUT2D eigenvalue weighted by Crippen LogP contribution is 2.34. The van der Waals surface area contributed by atoms with Gasteiger partial charge in [0.05, 0.1) is 11.1 Å². The first-order chi connectivity index (χ1) is 9.70. The van der Waals surface area contributed by atoms with Gasteiger partial charge in [-0.15, -0.1) is 0 Å². The van der Waals surface area contributed by atoms with Crippen LogP contribution in [0, 0.1) is 5.92 Å². The zero-order valence-electron chi connectivity index (χ0n) is 12.3. The number of carbonyl (C=O) groups excluding carboxylic acids is 1. The fraction of sp³-hybridized carbons (Fsp3) is 0.533. The Bertz CT molecular complexity index is 502. The quantitative estimate of drug-likeness (QED) is 0.720. The van der Waals surface area contributed by atoms with E-state index in [2.05, 4.69) is 15.9 Å². The van der Waals surface area contributed by atoms with Crippen molar-refractivity contribution in [2.45, 2.75) is 33.4 Å². The number of alkyl halides is 3. The minimum Gasteiger partial charge on any atom is -0.339 e. The van der Waals surface area contributed by atoms with Gasteiger partial charge in [-0.05, 0) is 31.0 Å². The Morgan fingerprint density at radius 3 is 2.43 bits per heavy atom. The Morgan fingerprint density at radius 1 is 1.33 bits per heavy atom. The van der Waals surface area contributed by atoms with Gasteiger partial charge in [0.2, 0.25) is 0 Å². The summed E-state index contributed by atoms with van der Waals surface area (Å²) >= 11 is 3.02. The molecular formula is C15H19BrF3NO. The number of halogens is 4. The second-order valence-electron chi connectivity index (χ2n) is 5.04. The highest BCUT2D eigenvalue weighted by molar-refractivity contribution is 9.10. The smallest absolute Gasteiger partial charge is 0.339 e. The van der Waals surface area contributed by atoms with E-state index in [9.17, 15) is 18.0 Å². The molecule has 0 radical (unpaired) electrons. The standard InChI is InChI=1S/C15H19BrF3NO/c1-4-10(3)9-20(5-2)14(21)12-7-6-11(16)8-13(12)15(17,18)19/h6-8,10H,4-5,9H2,1-3H3. The van der Waals surface area contributed by atoms with Gasteiger partial charge in [-0.1, -0.05) is 36.2 Å². The lowest BCUT2D eigenvalue weighted by molar-refractivity contribution is -0.138. The van der Waals surface area contributed by atoms with Gasteiger partial charge in [-0.25, -0.2) is 0 Å². The number of benzene rings is 1. The largest absolute Gasteiger partial charge is 0.417 e. The van der Waals surface area contributed by atoms with Crippen LogP contribution in [0.3, 0.4) is 0 Å². The van der Waals surface area contributed by atoms with Crippen LogP contribution in [-0.4, -0.2) is 23.9 Å². The molecule has 0 heterocycles. The summed E-state index contributed by atoms with van der Waals surface area (Å²) in [6.07, 6.45) is -3.68. The SMILES string of the molecule is CCC(C)CN(CC)C(=O)c1ccc(Br)cc1C(F)(F)F. The van der Waals surface area contributed by atoms with Crippen molar-refractivity contribution in [2.24, 2.45) is 5.92 Å². The number of carbonyl (C=O) groups is 1. The van der Waals surface area contributed by atoms with Crippen molar-refractivity contribution >= 4 is 21.8 Å². The van der Waals surface area contributed by atoms with Crippen molar-refractivity contribution in [1.29, 1.82) is 0 Å². The minimum absolute atomic E-state index is 0.249. The van der Waals surface area contributed by atoms with Gasteiger partial charge >= 0.3 is 6.18 Å². The van der Waals surface area contributed by atoms with E-state index >= 15 is 0 Å². The van der Waals surface area contributed by atoms with Crippen LogP contribution in [0.15, 0.2) is 22.7 Å². The summed E-state index contributed by atoms with van der Waals surface area (Å²) in [4.78, 5) is 13.9. The Morgan fingerprint density at radius 2 is 1.95 bits per heavy atom. The number of hydrogen-bond acceptors (Lipinski definition) is 1. The van der Waals surface area contributed by atoms with Crippen LogP contribution in [0.4, 0.5) is 13.2 Å². The molecule has 2 nitrogen and oxygen atoms in total. The van der Waals surface area contributed by atoms with E-state index in [0.717, 1.165) is 12.5 Å². The van der Waals surface area contributed by atoms with Crippen molar-refractivity contribution in [3.05, 3.63) is 33.8 Å². The number of rotatable bonds is 5. The monoisotopic (exact) mass is 365 g/mol. The normalized spacial score (nSPS) is 13.1. The van der Waals surface area contributed by atoms with Crippen molar-refractivity contribution in [1.82, 2.24) is 4.90 Å². The summed E-state index contributed by atoms with van der Waals surface area (Å²) in [6, 6.07) is 3.64. The number of hydrogen-bond donors (Lipinski definition) is 0. The third-order valence-corrected chi connectivity index (χ3v) is 3.91. The van der Waals surface area contributed by atoms with Crippen LogP contribution in [0.25, 0.3) is 0 Å². The molecule has 0 saturated heterocycles. The average Bonchev–Trinajstić information content (AvgIpc) is 2.42. The third kappa shape index (κ3) is 4.73. The molecule has 0 aliphatic carbocycles. The van der Waals surface area contributed by atoms with Crippen LogP contribution in [0.2, 0.25) is 0 Å². The van der Waals surface area contributed by atoms with E-state index in [1.165, 1.54) is 17.0 Å². The van der Waals surface area contributed by atoms with Gasteiger partial charge in [0.25, 0.3) is 5.91 Å². The van der Waals surface area contributed by atoms with E-state index in [0.29, 0.717) is 17.6 Å². The fourth-order valence-electron chi connectivity index (χ4n) is 1.97.